The Balaban J connectivity index is 3.55. The van der Waals surface area contributed by atoms with Crippen LogP contribution in [0.1, 0.15) is 78.4 Å². The lowest BCUT2D eigenvalue weighted by molar-refractivity contribution is -0.127. The number of carbonyl (C=O) groups is 2. The van der Waals surface area contributed by atoms with Crippen LogP contribution in [0.3, 0.4) is 0 Å². The monoisotopic (exact) mass is 333 g/mol. The quantitative estimate of drug-likeness (QED) is 0.412. The van der Waals surface area contributed by atoms with E-state index in [1.165, 1.54) is 0 Å². The summed E-state index contributed by atoms with van der Waals surface area (Å²) in [7, 11) is 0. The van der Waals surface area contributed by atoms with E-state index in [0.717, 1.165) is 36.8 Å². The number of amides is 1. The van der Waals surface area contributed by atoms with Crippen molar-refractivity contribution in [2.24, 2.45) is 0 Å². The standard InChI is InChI=1S/C20H31NO3/c1-7-9-19(3,4)15-11-14(21-17(23)13-22)12-16(18(15)24)20(5,6)10-8-2/h11-13,24H,7-10H2,1-6H3,(H,21,23). The summed E-state index contributed by atoms with van der Waals surface area (Å²) in [6, 6.07) is 3.58. The normalized spacial score (nSPS) is 12.1. The summed E-state index contributed by atoms with van der Waals surface area (Å²) in [4.78, 5) is 22.2. The van der Waals surface area contributed by atoms with Gasteiger partial charge in [-0.3, -0.25) is 9.59 Å². The maximum absolute atomic E-state index is 11.5. The van der Waals surface area contributed by atoms with E-state index in [4.69, 9.17) is 0 Å². The van der Waals surface area contributed by atoms with Gasteiger partial charge in [-0.05, 0) is 35.8 Å². The Hall–Kier alpha value is -1.84. The van der Waals surface area contributed by atoms with Crippen LogP contribution in [0.2, 0.25) is 0 Å². The lowest BCUT2D eigenvalue weighted by Gasteiger charge is -2.32. The number of carbonyl (C=O) groups excluding carboxylic acids is 2. The summed E-state index contributed by atoms with van der Waals surface area (Å²) < 4.78 is 0. The number of aldehydes is 1. The molecule has 1 rings (SSSR count). The summed E-state index contributed by atoms with van der Waals surface area (Å²) in [5, 5.41) is 13.6. The predicted molar refractivity (Wildman–Crippen MR) is 98.7 cm³/mol. The zero-order chi connectivity index (χ0) is 18.5. The van der Waals surface area contributed by atoms with Crippen molar-refractivity contribution in [3.8, 4) is 5.75 Å². The highest BCUT2D eigenvalue weighted by atomic mass is 16.3. The summed E-state index contributed by atoms with van der Waals surface area (Å²) in [5.41, 5.74) is 1.73. The molecule has 24 heavy (non-hydrogen) atoms. The smallest absolute Gasteiger partial charge is 0.288 e. The Morgan fingerprint density at radius 1 is 1.04 bits per heavy atom. The molecule has 1 aromatic carbocycles. The molecule has 4 heteroatoms. The second-order valence-corrected chi connectivity index (χ2v) is 7.79. The van der Waals surface area contributed by atoms with Crippen molar-refractivity contribution in [1.29, 1.82) is 0 Å². The minimum atomic E-state index is -0.681. The number of hydrogen-bond acceptors (Lipinski definition) is 3. The average Bonchev–Trinajstić information content (AvgIpc) is 2.48. The van der Waals surface area contributed by atoms with Crippen molar-refractivity contribution in [1.82, 2.24) is 0 Å². The zero-order valence-electron chi connectivity index (χ0n) is 15.8. The molecule has 0 spiro atoms. The van der Waals surface area contributed by atoms with Crippen molar-refractivity contribution < 1.29 is 14.7 Å². The first-order chi connectivity index (χ1) is 11.1. The highest BCUT2D eigenvalue weighted by Crippen LogP contribution is 2.44. The molecule has 134 valence electrons. The molecular formula is C20H31NO3. The molecule has 0 aliphatic carbocycles. The van der Waals surface area contributed by atoms with E-state index < -0.39 is 5.91 Å². The fraction of sp³-hybridized carbons (Fsp3) is 0.600. The van der Waals surface area contributed by atoms with Crippen LogP contribution >= 0.6 is 0 Å². The molecule has 0 aliphatic rings. The van der Waals surface area contributed by atoms with Gasteiger partial charge in [0, 0.05) is 16.8 Å². The average molecular weight is 333 g/mol. The van der Waals surface area contributed by atoms with Crippen molar-refractivity contribution in [2.75, 3.05) is 5.32 Å². The minimum Gasteiger partial charge on any atom is -0.507 e. The van der Waals surface area contributed by atoms with Gasteiger partial charge >= 0.3 is 0 Å². The maximum Gasteiger partial charge on any atom is 0.288 e. The van der Waals surface area contributed by atoms with Crippen molar-refractivity contribution >= 4 is 17.9 Å². The van der Waals surface area contributed by atoms with Gasteiger partial charge in [0.25, 0.3) is 5.91 Å². The molecule has 0 aromatic heterocycles. The van der Waals surface area contributed by atoms with E-state index in [1.807, 2.05) is 0 Å². The van der Waals surface area contributed by atoms with Gasteiger partial charge in [0.05, 0.1) is 0 Å². The van der Waals surface area contributed by atoms with E-state index in [2.05, 4.69) is 46.9 Å². The molecule has 0 radical (unpaired) electrons. The number of hydrogen-bond donors (Lipinski definition) is 2. The third kappa shape index (κ3) is 4.59. The third-order valence-corrected chi connectivity index (χ3v) is 4.69. The van der Waals surface area contributed by atoms with Crippen LogP contribution < -0.4 is 5.32 Å². The van der Waals surface area contributed by atoms with Gasteiger partial charge in [0.2, 0.25) is 6.29 Å². The number of aromatic hydroxyl groups is 1. The molecule has 0 aliphatic heterocycles. The van der Waals surface area contributed by atoms with E-state index in [1.54, 1.807) is 12.1 Å². The minimum absolute atomic E-state index is 0.224. The molecule has 0 fully saturated rings. The van der Waals surface area contributed by atoms with Crippen LogP contribution in [0, 0.1) is 0 Å². The van der Waals surface area contributed by atoms with Gasteiger partial charge in [0.1, 0.15) is 5.75 Å². The largest absolute Gasteiger partial charge is 0.507 e. The fourth-order valence-corrected chi connectivity index (χ4v) is 3.43. The van der Waals surface area contributed by atoms with Crippen LogP contribution in [0.4, 0.5) is 5.69 Å². The number of phenols is 1. The van der Waals surface area contributed by atoms with E-state index in [0.29, 0.717) is 11.4 Å². The van der Waals surface area contributed by atoms with Crippen molar-refractivity contribution in [3.05, 3.63) is 23.3 Å². The van der Waals surface area contributed by atoms with E-state index >= 15 is 0 Å². The maximum atomic E-state index is 11.5. The van der Waals surface area contributed by atoms with E-state index in [-0.39, 0.29) is 17.1 Å². The van der Waals surface area contributed by atoms with Crippen molar-refractivity contribution in [2.45, 2.75) is 78.1 Å². The number of anilines is 1. The molecule has 0 bridgehead atoms. The Bertz CT molecular complexity index is 564. The number of rotatable bonds is 8. The Morgan fingerprint density at radius 2 is 1.46 bits per heavy atom. The van der Waals surface area contributed by atoms with E-state index in [9.17, 15) is 14.7 Å². The van der Waals surface area contributed by atoms with Gasteiger partial charge in [-0.2, -0.15) is 0 Å². The van der Waals surface area contributed by atoms with Gasteiger partial charge in [0.15, 0.2) is 0 Å². The highest BCUT2D eigenvalue weighted by molar-refractivity contribution is 6.29. The number of phenolic OH excluding ortho intramolecular Hbond substituents is 1. The second-order valence-electron chi connectivity index (χ2n) is 7.79. The first-order valence-electron chi connectivity index (χ1n) is 8.73. The second kappa shape index (κ2) is 7.82. The molecule has 0 saturated carbocycles. The highest BCUT2D eigenvalue weighted by Gasteiger charge is 2.30. The molecule has 1 amide bonds. The van der Waals surface area contributed by atoms with Crippen molar-refractivity contribution in [3.63, 3.8) is 0 Å². The third-order valence-electron chi connectivity index (χ3n) is 4.69. The Morgan fingerprint density at radius 3 is 1.79 bits per heavy atom. The van der Waals surface area contributed by atoms with Crippen LogP contribution in [0.5, 0.6) is 5.75 Å². The van der Waals surface area contributed by atoms with Gasteiger partial charge in [-0.25, -0.2) is 0 Å². The van der Waals surface area contributed by atoms with Gasteiger partial charge in [-0.15, -0.1) is 0 Å². The summed E-state index contributed by atoms with van der Waals surface area (Å²) in [5.74, 6) is -0.379. The number of nitrogens with one attached hydrogen (secondary N) is 1. The lowest BCUT2D eigenvalue weighted by atomic mass is 9.74. The lowest BCUT2D eigenvalue weighted by Crippen LogP contribution is -2.23. The summed E-state index contributed by atoms with van der Waals surface area (Å²) in [6.07, 6.45) is 4.08. The molecule has 0 heterocycles. The molecular weight excluding hydrogens is 302 g/mol. The topological polar surface area (TPSA) is 66.4 Å². The molecule has 0 saturated heterocycles. The zero-order valence-corrected chi connectivity index (χ0v) is 15.8. The summed E-state index contributed by atoms with van der Waals surface area (Å²) in [6.45, 7) is 12.6. The molecule has 0 unspecified atom stereocenters. The van der Waals surface area contributed by atoms with Crippen LogP contribution in [0.15, 0.2) is 12.1 Å². The van der Waals surface area contributed by atoms with Crippen LogP contribution in [-0.4, -0.2) is 17.3 Å². The number of benzene rings is 1. The molecule has 2 N–H and O–H groups in total. The first-order valence-corrected chi connectivity index (χ1v) is 8.73. The Labute approximate surface area is 145 Å². The first kappa shape index (κ1) is 20.2. The van der Waals surface area contributed by atoms with Gasteiger partial charge < -0.3 is 10.4 Å². The molecule has 4 nitrogen and oxygen atoms in total. The fourth-order valence-electron chi connectivity index (χ4n) is 3.43. The Kier molecular flexibility index (Phi) is 6.58. The van der Waals surface area contributed by atoms with Crippen LogP contribution in [-0.2, 0) is 20.4 Å². The van der Waals surface area contributed by atoms with Gasteiger partial charge in [-0.1, -0.05) is 54.4 Å². The SMILES string of the molecule is CCCC(C)(C)c1cc(NC(=O)C=O)cc(C(C)(C)CCC)c1O. The van der Waals surface area contributed by atoms with Crippen LogP contribution in [0.25, 0.3) is 0 Å². The predicted octanol–water partition coefficient (Wildman–Crippen LogP) is 4.69. The molecule has 0 atom stereocenters. The molecule has 1 aromatic rings. The summed E-state index contributed by atoms with van der Waals surface area (Å²) >= 11 is 0.